The van der Waals surface area contributed by atoms with Gasteiger partial charge in [0.2, 0.25) is 5.78 Å². The van der Waals surface area contributed by atoms with Gasteiger partial charge >= 0.3 is 5.97 Å². The molecule has 2 aromatic heterocycles. The summed E-state index contributed by atoms with van der Waals surface area (Å²) in [6, 6.07) is 15.3. The number of nitrogens with zero attached hydrogens (tertiary/aromatic N) is 2. The first kappa shape index (κ1) is 19.9. The second-order valence-corrected chi connectivity index (χ2v) is 7.21. The summed E-state index contributed by atoms with van der Waals surface area (Å²) in [7, 11) is 0. The van der Waals surface area contributed by atoms with Crippen LogP contribution in [-0.4, -0.2) is 34.2 Å². The van der Waals surface area contributed by atoms with Crippen molar-refractivity contribution in [2.24, 2.45) is 0 Å². The second kappa shape index (κ2) is 8.89. The number of carbonyl (C=O) groups excluding carboxylic acids is 2. The van der Waals surface area contributed by atoms with Crippen LogP contribution in [0, 0.1) is 13.8 Å². The van der Waals surface area contributed by atoms with Crippen molar-refractivity contribution in [1.82, 2.24) is 9.55 Å². The molecule has 0 saturated carbocycles. The Morgan fingerprint density at radius 1 is 1.07 bits per heavy atom. The smallest absolute Gasteiger partial charge is 0.341 e. The molecule has 0 aliphatic heterocycles. The molecular formula is C22H22N2O3S. The Labute approximate surface area is 168 Å². The van der Waals surface area contributed by atoms with Gasteiger partial charge in [0, 0.05) is 29.7 Å². The second-order valence-electron chi connectivity index (χ2n) is 6.42. The molecule has 6 heteroatoms. The average molecular weight is 394 g/mol. The molecule has 0 amide bonds. The van der Waals surface area contributed by atoms with Gasteiger partial charge in [-0.1, -0.05) is 30.3 Å². The van der Waals surface area contributed by atoms with Crippen LogP contribution in [0.5, 0.6) is 0 Å². The molecule has 0 bridgehead atoms. The van der Waals surface area contributed by atoms with E-state index in [2.05, 4.69) is 21.7 Å². The van der Waals surface area contributed by atoms with E-state index in [4.69, 9.17) is 4.74 Å². The first-order valence-corrected chi connectivity index (χ1v) is 10.1. The lowest BCUT2D eigenvalue weighted by Gasteiger charge is -2.10. The van der Waals surface area contributed by atoms with Crippen molar-refractivity contribution in [2.75, 3.05) is 12.9 Å². The molecule has 5 nitrogen and oxygen atoms in total. The van der Waals surface area contributed by atoms with Gasteiger partial charge in [-0.2, -0.15) is 0 Å². The maximum atomic E-state index is 12.7. The number of esters is 1. The van der Waals surface area contributed by atoms with Gasteiger partial charge in [-0.3, -0.25) is 4.79 Å². The number of ether oxygens (including phenoxy) is 1. The molecule has 0 spiro atoms. The topological polar surface area (TPSA) is 61.2 Å². The molecule has 0 aliphatic carbocycles. The van der Waals surface area contributed by atoms with Crippen molar-refractivity contribution >= 4 is 23.5 Å². The minimum absolute atomic E-state index is 0.213. The Kier molecular flexibility index (Phi) is 6.31. The zero-order valence-corrected chi connectivity index (χ0v) is 17.0. The van der Waals surface area contributed by atoms with Gasteiger partial charge < -0.3 is 9.30 Å². The number of hydrogen-bond donors (Lipinski definition) is 0. The number of benzene rings is 1. The van der Waals surface area contributed by atoms with Crippen molar-refractivity contribution in [2.45, 2.75) is 25.4 Å². The molecule has 144 valence electrons. The number of carbonyl (C=O) groups is 2. The van der Waals surface area contributed by atoms with E-state index in [1.165, 1.54) is 11.8 Å². The van der Waals surface area contributed by atoms with Crippen LogP contribution < -0.4 is 0 Å². The SMILES string of the molecule is CSc1ncccc1C(=O)OCC(=O)c1cc(C)n(Cc2ccccc2)c1C. The van der Waals surface area contributed by atoms with Gasteiger partial charge in [-0.05, 0) is 43.9 Å². The van der Waals surface area contributed by atoms with Crippen molar-refractivity contribution < 1.29 is 14.3 Å². The van der Waals surface area contributed by atoms with Crippen LogP contribution in [0.25, 0.3) is 0 Å². The third-order valence-electron chi connectivity index (χ3n) is 4.58. The fraction of sp³-hybridized carbons (Fsp3) is 0.227. The molecule has 1 aromatic carbocycles. The third kappa shape index (κ3) is 4.34. The first-order valence-electron chi connectivity index (χ1n) is 8.91. The molecule has 0 unspecified atom stereocenters. The van der Waals surface area contributed by atoms with E-state index >= 15 is 0 Å². The highest BCUT2D eigenvalue weighted by atomic mass is 32.2. The number of aryl methyl sites for hydroxylation is 1. The molecular weight excluding hydrogens is 372 g/mol. The van der Waals surface area contributed by atoms with Crippen LogP contribution in [0.3, 0.4) is 0 Å². The van der Waals surface area contributed by atoms with Gasteiger partial charge in [-0.15, -0.1) is 11.8 Å². The van der Waals surface area contributed by atoms with E-state index in [-0.39, 0.29) is 12.4 Å². The number of aromatic nitrogens is 2. The summed E-state index contributed by atoms with van der Waals surface area (Å²) in [6.45, 7) is 4.28. The molecule has 0 radical (unpaired) electrons. The summed E-state index contributed by atoms with van der Waals surface area (Å²) in [5.41, 5.74) is 3.98. The molecule has 3 aromatic rings. The van der Waals surface area contributed by atoms with E-state index in [1.54, 1.807) is 18.3 Å². The largest absolute Gasteiger partial charge is 0.454 e. The number of Topliss-reactive ketones (excluding diaryl/α,β-unsaturated/α-hetero) is 1. The molecule has 3 rings (SSSR count). The van der Waals surface area contributed by atoms with E-state index in [0.29, 0.717) is 22.7 Å². The van der Waals surface area contributed by atoms with Crippen LogP contribution in [-0.2, 0) is 11.3 Å². The van der Waals surface area contributed by atoms with Crippen LogP contribution in [0.1, 0.15) is 37.7 Å². The normalized spacial score (nSPS) is 10.7. The highest BCUT2D eigenvalue weighted by molar-refractivity contribution is 7.98. The van der Waals surface area contributed by atoms with Crippen molar-refractivity contribution in [3.05, 3.63) is 82.8 Å². The van der Waals surface area contributed by atoms with Gasteiger partial charge in [0.1, 0.15) is 5.03 Å². The maximum Gasteiger partial charge on any atom is 0.341 e. The fourth-order valence-electron chi connectivity index (χ4n) is 3.09. The molecule has 0 atom stereocenters. The van der Waals surface area contributed by atoms with Crippen LogP contribution in [0.2, 0.25) is 0 Å². The minimum atomic E-state index is -0.538. The Balaban J connectivity index is 1.71. The number of rotatable bonds is 7. The summed E-state index contributed by atoms with van der Waals surface area (Å²) in [5, 5.41) is 0.584. The van der Waals surface area contributed by atoms with Crippen LogP contribution >= 0.6 is 11.8 Å². The highest BCUT2D eigenvalue weighted by Gasteiger charge is 2.19. The standard InChI is InChI=1S/C22H22N2O3S/c1-15-12-19(16(2)24(15)13-17-8-5-4-6-9-17)20(25)14-27-22(26)18-10-7-11-23-21(18)28-3/h4-12H,13-14H2,1-3H3. The lowest BCUT2D eigenvalue weighted by atomic mass is 10.1. The molecule has 0 aliphatic rings. The fourth-order valence-corrected chi connectivity index (χ4v) is 3.63. The number of pyridine rings is 1. The number of thioether (sulfide) groups is 1. The summed E-state index contributed by atoms with van der Waals surface area (Å²) in [6.07, 6.45) is 3.46. The quantitative estimate of drug-likeness (QED) is 0.339. The average Bonchev–Trinajstić information content (AvgIpc) is 3.00. The Morgan fingerprint density at radius 3 is 2.54 bits per heavy atom. The van der Waals surface area contributed by atoms with Crippen LogP contribution in [0.4, 0.5) is 0 Å². The van der Waals surface area contributed by atoms with Crippen LogP contribution in [0.15, 0.2) is 59.8 Å². The van der Waals surface area contributed by atoms with Gasteiger partial charge in [0.05, 0.1) is 5.56 Å². The van der Waals surface area contributed by atoms with Gasteiger partial charge in [0.25, 0.3) is 0 Å². The zero-order chi connectivity index (χ0) is 20.1. The Bertz CT molecular complexity index is 996. The lowest BCUT2D eigenvalue weighted by Crippen LogP contribution is -2.16. The summed E-state index contributed by atoms with van der Waals surface area (Å²) in [4.78, 5) is 29.1. The summed E-state index contributed by atoms with van der Waals surface area (Å²) < 4.78 is 7.35. The van der Waals surface area contributed by atoms with Gasteiger partial charge in [0.15, 0.2) is 6.61 Å². The molecule has 28 heavy (non-hydrogen) atoms. The summed E-state index contributed by atoms with van der Waals surface area (Å²) in [5.74, 6) is -0.751. The molecule has 0 fully saturated rings. The Hall–Kier alpha value is -2.86. The predicted molar refractivity (Wildman–Crippen MR) is 110 cm³/mol. The lowest BCUT2D eigenvalue weighted by molar-refractivity contribution is 0.0470. The maximum absolute atomic E-state index is 12.7. The van der Waals surface area contributed by atoms with Crippen molar-refractivity contribution in [3.8, 4) is 0 Å². The monoisotopic (exact) mass is 394 g/mol. The zero-order valence-electron chi connectivity index (χ0n) is 16.1. The Morgan fingerprint density at radius 2 is 1.82 bits per heavy atom. The predicted octanol–water partition coefficient (Wildman–Crippen LogP) is 4.31. The highest BCUT2D eigenvalue weighted by Crippen LogP contribution is 2.20. The molecule has 2 heterocycles. The van der Waals surface area contributed by atoms with Gasteiger partial charge in [-0.25, -0.2) is 9.78 Å². The van der Waals surface area contributed by atoms with E-state index in [9.17, 15) is 9.59 Å². The van der Waals surface area contributed by atoms with Crippen molar-refractivity contribution in [1.29, 1.82) is 0 Å². The molecule has 0 saturated heterocycles. The third-order valence-corrected chi connectivity index (χ3v) is 5.29. The first-order chi connectivity index (χ1) is 13.5. The molecule has 0 N–H and O–H groups in total. The minimum Gasteiger partial charge on any atom is -0.454 e. The van der Waals surface area contributed by atoms with E-state index in [1.807, 2.05) is 44.4 Å². The van der Waals surface area contributed by atoms with Crippen molar-refractivity contribution in [3.63, 3.8) is 0 Å². The number of hydrogen-bond acceptors (Lipinski definition) is 5. The van der Waals surface area contributed by atoms with E-state index < -0.39 is 5.97 Å². The number of ketones is 1. The summed E-state index contributed by atoms with van der Waals surface area (Å²) >= 11 is 1.36. The van der Waals surface area contributed by atoms with E-state index in [0.717, 1.165) is 17.0 Å².